The van der Waals surface area contributed by atoms with Gasteiger partial charge in [-0.05, 0) is 72.9 Å². The Kier molecular flexibility index (Phi) is 5.79. The van der Waals surface area contributed by atoms with Crippen LogP contribution in [0.25, 0.3) is 11.1 Å². The van der Waals surface area contributed by atoms with Crippen molar-refractivity contribution in [3.63, 3.8) is 0 Å². The first-order valence-electron chi connectivity index (χ1n) is 12.9. The summed E-state index contributed by atoms with van der Waals surface area (Å²) in [6, 6.07) is 13.1. The molecule has 5 aliphatic rings. The summed E-state index contributed by atoms with van der Waals surface area (Å²) in [6.45, 7) is 0. The third-order valence-electron chi connectivity index (χ3n) is 7.00. The van der Waals surface area contributed by atoms with Gasteiger partial charge in [-0.1, -0.05) is 24.3 Å². The zero-order valence-corrected chi connectivity index (χ0v) is 21.7. The van der Waals surface area contributed by atoms with Crippen LogP contribution in [0.3, 0.4) is 0 Å². The molecule has 5 heterocycles. The van der Waals surface area contributed by atoms with Crippen LogP contribution in [0.5, 0.6) is 0 Å². The predicted molar refractivity (Wildman–Crippen MR) is 162 cm³/mol. The smallest absolute Gasteiger partial charge is 0.258 e. The van der Waals surface area contributed by atoms with Crippen molar-refractivity contribution in [2.75, 3.05) is 0 Å². The quantitative estimate of drug-likeness (QED) is 0.319. The van der Waals surface area contributed by atoms with Crippen LogP contribution in [0, 0.1) is 20.2 Å². The second-order valence-corrected chi connectivity index (χ2v) is 9.61. The van der Waals surface area contributed by atoms with Crippen molar-refractivity contribution in [3.05, 3.63) is 163 Å². The Hall–Kier alpha value is -6.16. The van der Waals surface area contributed by atoms with Gasteiger partial charge < -0.3 is 0 Å². The lowest BCUT2D eigenvalue weighted by Gasteiger charge is -2.10. The number of nitro benzene ring substituents is 2. The van der Waals surface area contributed by atoms with Crippen molar-refractivity contribution in [1.82, 2.24) is 0 Å². The zero-order valence-electron chi connectivity index (χ0n) is 21.7. The Balaban J connectivity index is 1.46. The van der Waals surface area contributed by atoms with E-state index in [9.17, 15) is 20.2 Å². The predicted octanol–water partition coefficient (Wildman–Crippen LogP) is 6.45. The molecule has 0 fully saturated rings. The molecule has 2 aromatic carbocycles. The largest absolute Gasteiger partial charge is 0.277 e. The van der Waals surface area contributed by atoms with Gasteiger partial charge in [0.15, 0.2) is 0 Å². The Labute approximate surface area is 238 Å². The molecule has 0 amide bonds. The fraction of sp³-hybridized carbons (Fsp3) is 0. The molecule has 5 aliphatic heterocycles. The average Bonchev–Trinajstić information content (AvgIpc) is 3.80. The molecular formula is C32H18N6O4. The summed E-state index contributed by atoms with van der Waals surface area (Å²) in [5, 5.41) is 23.9. The minimum Gasteiger partial charge on any atom is -0.258 e. The van der Waals surface area contributed by atoms with E-state index in [-0.39, 0.29) is 11.4 Å². The number of benzene rings is 2. The van der Waals surface area contributed by atoms with Crippen molar-refractivity contribution in [1.29, 1.82) is 0 Å². The first-order valence-corrected chi connectivity index (χ1v) is 12.9. The van der Waals surface area contributed by atoms with Gasteiger partial charge >= 0.3 is 0 Å². The minimum atomic E-state index is -0.413. The Morgan fingerprint density at radius 1 is 0.500 bits per heavy atom. The van der Waals surface area contributed by atoms with Crippen LogP contribution in [0.15, 0.2) is 152 Å². The second kappa shape index (κ2) is 9.79. The monoisotopic (exact) mass is 550 g/mol. The number of nitrogens with zero attached hydrogens (tertiary/aromatic N) is 6. The SMILES string of the molecule is O=[N+]([O-])c1ccccc1C1=C2C=CC(=N2)C=C2C=CC(=N2)C(c2ccccc2[N+](=O)[O-])=C2C=CC(=N2)C=C2C=CC1=N2. The highest BCUT2D eigenvalue weighted by Gasteiger charge is 2.27. The zero-order chi connectivity index (χ0) is 28.8. The molecule has 0 saturated heterocycles. The molecule has 0 spiro atoms. The standard InChI is InChI=1S/C32H18N6O4/c39-37(40)29-7-3-1-5-23(29)31-25-13-9-19(33-25)17-21-11-15-27(35-21)32(24-6-2-4-8-30(24)38(41)42)28-16-12-22(36-28)18-20-10-14-26(31)34-20/h1-18H. The summed E-state index contributed by atoms with van der Waals surface area (Å²) in [5.74, 6) is 0. The molecule has 0 unspecified atom stereocenters. The first kappa shape index (κ1) is 24.9. The average molecular weight is 551 g/mol. The maximum Gasteiger partial charge on any atom is 0.277 e. The molecule has 0 atom stereocenters. The van der Waals surface area contributed by atoms with Crippen LogP contribution in [-0.2, 0) is 0 Å². The molecular weight excluding hydrogens is 532 g/mol. The van der Waals surface area contributed by atoms with Crippen molar-refractivity contribution in [3.8, 4) is 0 Å². The Morgan fingerprint density at radius 2 is 0.929 bits per heavy atom. The second-order valence-electron chi connectivity index (χ2n) is 9.61. The van der Waals surface area contributed by atoms with E-state index >= 15 is 0 Å². The number of hydrogen-bond acceptors (Lipinski definition) is 8. The van der Waals surface area contributed by atoms with Gasteiger partial charge in [-0.15, -0.1) is 0 Å². The summed E-state index contributed by atoms with van der Waals surface area (Å²) in [6.07, 6.45) is 18.0. The summed E-state index contributed by atoms with van der Waals surface area (Å²) < 4.78 is 0. The van der Waals surface area contributed by atoms with Gasteiger partial charge in [0.25, 0.3) is 11.4 Å². The number of fused-ring (bicyclic) bond motifs is 4. The third-order valence-corrected chi connectivity index (χ3v) is 7.00. The summed E-state index contributed by atoms with van der Waals surface area (Å²) in [4.78, 5) is 42.1. The van der Waals surface area contributed by atoms with Crippen LogP contribution in [0.4, 0.5) is 11.4 Å². The van der Waals surface area contributed by atoms with Crippen LogP contribution in [0.1, 0.15) is 11.1 Å². The molecule has 0 radical (unpaired) electrons. The summed E-state index contributed by atoms with van der Waals surface area (Å²) in [7, 11) is 0. The summed E-state index contributed by atoms with van der Waals surface area (Å²) in [5.41, 5.74) is 6.27. The lowest BCUT2D eigenvalue weighted by molar-refractivity contribution is -0.385. The molecule has 10 nitrogen and oxygen atoms in total. The van der Waals surface area contributed by atoms with Crippen LogP contribution in [0.2, 0.25) is 0 Å². The van der Waals surface area contributed by atoms with Gasteiger partial charge in [0, 0.05) is 23.3 Å². The molecule has 8 bridgehead atoms. The number of hydrogen-bond donors (Lipinski definition) is 0. The molecule has 7 rings (SSSR count). The number of rotatable bonds is 4. The van der Waals surface area contributed by atoms with Crippen molar-refractivity contribution in [2.45, 2.75) is 0 Å². The maximum absolute atomic E-state index is 11.9. The lowest BCUT2D eigenvalue weighted by atomic mass is 9.97. The number of para-hydroxylation sites is 2. The van der Waals surface area contributed by atoms with Crippen LogP contribution < -0.4 is 0 Å². The van der Waals surface area contributed by atoms with Gasteiger partial charge in [-0.3, -0.25) is 20.2 Å². The fourth-order valence-corrected chi connectivity index (χ4v) is 5.20. The van der Waals surface area contributed by atoms with Gasteiger partial charge in [0.2, 0.25) is 0 Å². The van der Waals surface area contributed by atoms with Crippen molar-refractivity contribution in [2.24, 2.45) is 20.0 Å². The molecule has 2 aromatic rings. The van der Waals surface area contributed by atoms with E-state index in [2.05, 4.69) is 0 Å². The van der Waals surface area contributed by atoms with E-state index in [0.29, 0.717) is 67.9 Å². The van der Waals surface area contributed by atoms with Crippen LogP contribution in [-0.4, -0.2) is 32.7 Å². The minimum absolute atomic E-state index is 0.0493. The Morgan fingerprint density at radius 3 is 1.36 bits per heavy atom. The molecule has 0 N–H and O–H groups in total. The topological polar surface area (TPSA) is 136 Å². The van der Waals surface area contributed by atoms with E-state index in [0.717, 1.165) is 0 Å². The fourth-order valence-electron chi connectivity index (χ4n) is 5.20. The van der Waals surface area contributed by atoms with Gasteiger partial charge in [-0.2, -0.15) is 0 Å². The Bertz CT molecular complexity index is 1880. The number of allylic oxidation sites excluding steroid dienone is 12. The highest BCUT2D eigenvalue weighted by Crippen LogP contribution is 2.36. The van der Waals surface area contributed by atoms with E-state index in [4.69, 9.17) is 20.0 Å². The molecule has 0 aromatic heterocycles. The molecule has 42 heavy (non-hydrogen) atoms. The highest BCUT2D eigenvalue weighted by atomic mass is 16.6. The summed E-state index contributed by atoms with van der Waals surface area (Å²) >= 11 is 0. The van der Waals surface area contributed by atoms with Gasteiger partial charge in [0.05, 0.1) is 66.6 Å². The van der Waals surface area contributed by atoms with Crippen molar-refractivity contribution >= 4 is 45.4 Å². The normalized spacial score (nSPS) is 18.2. The number of nitro groups is 2. The van der Waals surface area contributed by atoms with E-state index in [1.807, 2.05) is 24.3 Å². The molecule has 10 heteroatoms. The highest BCUT2D eigenvalue weighted by molar-refractivity contribution is 6.34. The number of aliphatic imine (C=N–C) groups is 4. The van der Waals surface area contributed by atoms with E-state index < -0.39 is 9.85 Å². The maximum atomic E-state index is 11.9. The molecule has 0 saturated carbocycles. The van der Waals surface area contributed by atoms with Gasteiger partial charge in [-0.25, -0.2) is 20.0 Å². The third kappa shape index (κ3) is 4.33. The van der Waals surface area contributed by atoms with Crippen LogP contribution >= 0.6 is 0 Å². The van der Waals surface area contributed by atoms with E-state index in [1.54, 1.807) is 72.9 Å². The first-order chi connectivity index (χ1) is 20.4. The van der Waals surface area contributed by atoms with E-state index in [1.165, 1.54) is 12.1 Å². The molecule has 200 valence electrons. The molecule has 0 aliphatic carbocycles. The van der Waals surface area contributed by atoms with Crippen molar-refractivity contribution < 1.29 is 9.85 Å². The lowest BCUT2D eigenvalue weighted by Crippen LogP contribution is -2.04. The van der Waals surface area contributed by atoms with Gasteiger partial charge in [0.1, 0.15) is 0 Å².